The van der Waals surface area contributed by atoms with Crippen LogP contribution >= 0.6 is 0 Å². The molecule has 1 unspecified atom stereocenters. The Morgan fingerprint density at radius 1 is 1.16 bits per heavy atom. The third-order valence-electron chi connectivity index (χ3n) is 5.46. The van der Waals surface area contributed by atoms with Gasteiger partial charge in [-0.15, -0.1) is 0 Å². The van der Waals surface area contributed by atoms with Crippen LogP contribution in [0.1, 0.15) is 36.6 Å². The lowest BCUT2D eigenvalue weighted by Gasteiger charge is -2.32. The number of ether oxygens (including phenoxy) is 1. The van der Waals surface area contributed by atoms with Crippen molar-refractivity contribution in [2.45, 2.75) is 31.7 Å². The summed E-state index contributed by atoms with van der Waals surface area (Å²) in [7, 11) is 0. The molecule has 6 heteroatoms. The summed E-state index contributed by atoms with van der Waals surface area (Å²) in [4.78, 5) is 14.7. The highest BCUT2D eigenvalue weighted by Gasteiger charge is 2.27. The van der Waals surface area contributed by atoms with Crippen LogP contribution in [0.5, 0.6) is 0 Å². The molecule has 2 saturated heterocycles. The SMILES string of the molecule is O=c1[nH]nc(C2CCN(CC3CCOC3)CC2)n1Cc1ccccc1. The van der Waals surface area contributed by atoms with Gasteiger partial charge < -0.3 is 9.64 Å². The summed E-state index contributed by atoms with van der Waals surface area (Å²) in [5.74, 6) is 1.97. The molecule has 0 spiro atoms. The maximum absolute atomic E-state index is 12.2. The van der Waals surface area contributed by atoms with Crippen molar-refractivity contribution >= 4 is 0 Å². The molecule has 2 fully saturated rings. The molecule has 0 aliphatic carbocycles. The molecule has 0 bridgehead atoms. The van der Waals surface area contributed by atoms with E-state index in [1.54, 1.807) is 4.57 Å². The van der Waals surface area contributed by atoms with Gasteiger partial charge in [-0.3, -0.25) is 4.57 Å². The van der Waals surface area contributed by atoms with E-state index in [-0.39, 0.29) is 5.69 Å². The zero-order valence-electron chi connectivity index (χ0n) is 14.6. The largest absolute Gasteiger partial charge is 0.381 e. The van der Waals surface area contributed by atoms with Crippen molar-refractivity contribution in [1.82, 2.24) is 19.7 Å². The van der Waals surface area contributed by atoms with Crippen molar-refractivity contribution in [2.24, 2.45) is 5.92 Å². The number of nitrogens with one attached hydrogen (secondary N) is 1. The molecule has 4 rings (SSSR count). The fourth-order valence-corrected chi connectivity index (χ4v) is 4.03. The van der Waals surface area contributed by atoms with Gasteiger partial charge >= 0.3 is 5.69 Å². The van der Waals surface area contributed by atoms with Crippen LogP contribution in [0.2, 0.25) is 0 Å². The molecule has 0 amide bonds. The van der Waals surface area contributed by atoms with Crippen LogP contribution in [0.25, 0.3) is 0 Å². The van der Waals surface area contributed by atoms with Gasteiger partial charge in [0, 0.05) is 19.1 Å². The number of hydrogen-bond donors (Lipinski definition) is 1. The van der Waals surface area contributed by atoms with Crippen LogP contribution in [0.3, 0.4) is 0 Å². The van der Waals surface area contributed by atoms with Crippen LogP contribution in [-0.2, 0) is 11.3 Å². The third kappa shape index (κ3) is 3.85. The number of hydrogen-bond acceptors (Lipinski definition) is 4. The lowest BCUT2D eigenvalue weighted by molar-refractivity contribution is 0.150. The first-order valence-corrected chi connectivity index (χ1v) is 9.28. The minimum absolute atomic E-state index is 0.107. The zero-order valence-corrected chi connectivity index (χ0v) is 14.6. The average Bonchev–Trinajstić information content (AvgIpc) is 3.28. The van der Waals surface area contributed by atoms with Gasteiger partial charge in [0.05, 0.1) is 13.2 Å². The maximum Gasteiger partial charge on any atom is 0.343 e. The van der Waals surface area contributed by atoms with Crippen LogP contribution in [0, 0.1) is 5.92 Å². The minimum atomic E-state index is -0.107. The van der Waals surface area contributed by atoms with E-state index in [4.69, 9.17) is 4.74 Å². The Labute approximate surface area is 147 Å². The number of piperidine rings is 1. The summed E-state index contributed by atoms with van der Waals surface area (Å²) in [6.45, 7) is 5.71. The smallest absolute Gasteiger partial charge is 0.343 e. The summed E-state index contributed by atoms with van der Waals surface area (Å²) >= 11 is 0. The molecule has 1 N–H and O–H groups in total. The number of nitrogens with zero attached hydrogens (tertiary/aromatic N) is 3. The summed E-state index contributed by atoms with van der Waals surface area (Å²) in [6.07, 6.45) is 3.31. The first-order valence-electron chi connectivity index (χ1n) is 9.28. The molecule has 1 aromatic heterocycles. The van der Waals surface area contributed by atoms with E-state index < -0.39 is 0 Å². The molecule has 2 aromatic rings. The fraction of sp³-hybridized carbons (Fsp3) is 0.579. The Morgan fingerprint density at radius 2 is 1.96 bits per heavy atom. The Hall–Kier alpha value is -1.92. The molecule has 25 heavy (non-hydrogen) atoms. The standard InChI is InChI=1S/C19H26N4O2/c24-19-21-20-18(23(19)13-15-4-2-1-3-5-15)17-6-9-22(10-7-17)12-16-8-11-25-14-16/h1-5,16-17H,6-14H2,(H,21,24). The van der Waals surface area contributed by atoms with Crippen molar-refractivity contribution in [3.63, 3.8) is 0 Å². The second-order valence-electron chi connectivity index (χ2n) is 7.26. The van der Waals surface area contributed by atoms with Crippen molar-refractivity contribution in [3.05, 3.63) is 52.2 Å². The van der Waals surface area contributed by atoms with Crippen molar-refractivity contribution < 1.29 is 4.74 Å². The van der Waals surface area contributed by atoms with E-state index in [9.17, 15) is 4.79 Å². The Kier molecular flexibility index (Phi) is 4.99. The quantitative estimate of drug-likeness (QED) is 0.900. The van der Waals surface area contributed by atoms with E-state index in [2.05, 4.69) is 27.2 Å². The van der Waals surface area contributed by atoms with Gasteiger partial charge in [-0.05, 0) is 43.8 Å². The molecule has 0 radical (unpaired) electrons. The zero-order chi connectivity index (χ0) is 17.1. The Balaban J connectivity index is 1.40. The van der Waals surface area contributed by atoms with Gasteiger partial charge in [0.1, 0.15) is 5.82 Å². The predicted octanol–water partition coefficient (Wildman–Crippen LogP) is 1.84. The number of aromatic nitrogens is 3. The van der Waals surface area contributed by atoms with Crippen molar-refractivity contribution in [1.29, 1.82) is 0 Å². The summed E-state index contributed by atoms with van der Waals surface area (Å²) in [5.41, 5.74) is 1.02. The maximum atomic E-state index is 12.2. The lowest BCUT2D eigenvalue weighted by Crippen LogP contribution is -2.37. The van der Waals surface area contributed by atoms with Gasteiger partial charge in [0.15, 0.2) is 0 Å². The highest BCUT2D eigenvalue weighted by Crippen LogP contribution is 2.27. The molecular formula is C19H26N4O2. The summed E-state index contributed by atoms with van der Waals surface area (Å²) < 4.78 is 7.29. The molecule has 6 nitrogen and oxygen atoms in total. The van der Waals surface area contributed by atoms with Gasteiger partial charge in [-0.2, -0.15) is 5.10 Å². The molecular weight excluding hydrogens is 316 g/mol. The predicted molar refractivity (Wildman–Crippen MR) is 95.7 cm³/mol. The highest BCUT2D eigenvalue weighted by atomic mass is 16.5. The number of aromatic amines is 1. The van der Waals surface area contributed by atoms with Gasteiger partial charge in [-0.1, -0.05) is 30.3 Å². The topological polar surface area (TPSA) is 63.1 Å². The van der Waals surface area contributed by atoms with E-state index in [1.165, 1.54) is 6.42 Å². The second kappa shape index (κ2) is 7.54. The first-order chi connectivity index (χ1) is 12.3. The molecule has 0 saturated carbocycles. The van der Waals surface area contributed by atoms with Gasteiger partial charge in [0.25, 0.3) is 0 Å². The number of likely N-dealkylation sites (tertiary alicyclic amines) is 1. The molecule has 3 heterocycles. The number of H-pyrrole nitrogens is 1. The van der Waals surface area contributed by atoms with E-state index >= 15 is 0 Å². The summed E-state index contributed by atoms with van der Waals surface area (Å²) in [5, 5.41) is 7.00. The Bertz CT molecular complexity index is 725. The highest BCUT2D eigenvalue weighted by molar-refractivity contribution is 5.16. The molecule has 2 aliphatic heterocycles. The van der Waals surface area contributed by atoms with Gasteiger partial charge in [0.2, 0.25) is 0 Å². The van der Waals surface area contributed by atoms with Gasteiger partial charge in [-0.25, -0.2) is 9.89 Å². The van der Waals surface area contributed by atoms with Crippen LogP contribution in [0.4, 0.5) is 0 Å². The fourth-order valence-electron chi connectivity index (χ4n) is 4.03. The molecule has 134 valence electrons. The van der Waals surface area contributed by atoms with E-state index in [0.717, 1.165) is 57.1 Å². The Morgan fingerprint density at radius 3 is 2.68 bits per heavy atom. The summed E-state index contributed by atoms with van der Waals surface area (Å²) in [6, 6.07) is 10.1. The third-order valence-corrected chi connectivity index (χ3v) is 5.46. The number of benzene rings is 1. The van der Waals surface area contributed by atoms with Crippen LogP contribution in [-0.4, -0.2) is 52.5 Å². The average molecular weight is 342 g/mol. The molecule has 2 aliphatic rings. The van der Waals surface area contributed by atoms with Crippen molar-refractivity contribution in [2.75, 3.05) is 32.8 Å². The second-order valence-corrected chi connectivity index (χ2v) is 7.26. The minimum Gasteiger partial charge on any atom is -0.381 e. The lowest BCUT2D eigenvalue weighted by atomic mass is 9.95. The number of rotatable bonds is 5. The van der Waals surface area contributed by atoms with E-state index in [1.807, 2.05) is 18.2 Å². The molecule has 1 aromatic carbocycles. The first kappa shape index (κ1) is 16.5. The van der Waals surface area contributed by atoms with Crippen LogP contribution in [0.15, 0.2) is 35.1 Å². The molecule has 1 atom stereocenters. The van der Waals surface area contributed by atoms with Crippen LogP contribution < -0.4 is 5.69 Å². The monoisotopic (exact) mass is 342 g/mol. The van der Waals surface area contributed by atoms with E-state index in [0.29, 0.717) is 18.4 Å². The van der Waals surface area contributed by atoms with Crippen molar-refractivity contribution in [3.8, 4) is 0 Å². The normalized spacial score (nSPS) is 22.5.